The third-order valence-corrected chi connectivity index (χ3v) is 6.32. The molecule has 1 saturated heterocycles. The van der Waals surface area contributed by atoms with E-state index in [4.69, 9.17) is 4.74 Å². The maximum absolute atomic E-state index is 5.34. The lowest BCUT2D eigenvalue weighted by Crippen LogP contribution is -2.42. The third kappa shape index (κ3) is 5.62. The van der Waals surface area contributed by atoms with Gasteiger partial charge in [-0.25, -0.2) is 0 Å². The average molecular weight is 434 g/mol. The van der Waals surface area contributed by atoms with Crippen molar-refractivity contribution >= 4 is 11.6 Å². The fraction of sp³-hybridized carbons (Fsp3) is 0.423. The second-order valence-electron chi connectivity index (χ2n) is 8.38. The molecule has 2 N–H and O–H groups in total. The van der Waals surface area contributed by atoms with Gasteiger partial charge in [0.2, 0.25) is 0 Å². The van der Waals surface area contributed by atoms with E-state index in [-0.39, 0.29) is 0 Å². The van der Waals surface area contributed by atoms with E-state index >= 15 is 0 Å². The highest BCUT2D eigenvalue weighted by Crippen LogP contribution is 2.26. The van der Waals surface area contributed by atoms with Gasteiger partial charge in [-0.1, -0.05) is 36.4 Å². The Hall–Kier alpha value is -2.99. The Morgan fingerprint density at radius 1 is 1.03 bits per heavy atom. The monoisotopic (exact) mass is 433 g/mol. The molecule has 32 heavy (non-hydrogen) atoms. The molecule has 0 amide bonds. The second kappa shape index (κ2) is 11.0. The number of aliphatic imine (C=N–C) groups is 1. The summed E-state index contributed by atoms with van der Waals surface area (Å²) in [6.45, 7) is 5.81. The maximum atomic E-state index is 5.34. The summed E-state index contributed by atoms with van der Waals surface area (Å²) >= 11 is 0. The molecule has 0 spiro atoms. The number of hydrogen-bond acceptors (Lipinski definition) is 4. The molecule has 0 radical (unpaired) electrons. The van der Waals surface area contributed by atoms with Crippen LogP contribution in [0.2, 0.25) is 0 Å². The first-order valence-corrected chi connectivity index (χ1v) is 11.6. The van der Waals surface area contributed by atoms with Crippen LogP contribution in [0.4, 0.5) is 5.69 Å². The number of rotatable bonds is 8. The van der Waals surface area contributed by atoms with E-state index in [0.717, 1.165) is 51.0 Å². The first-order valence-electron chi connectivity index (χ1n) is 11.6. The van der Waals surface area contributed by atoms with Gasteiger partial charge in [-0.15, -0.1) is 0 Å². The van der Waals surface area contributed by atoms with Crippen LogP contribution >= 0.6 is 0 Å². The van der Waals surface area contributed by atoms with Gasteiger partial charge in [0, 0.05) is 38.9 Å². The fourth-order valence-electron chi connectivity index (χ4n) is 4.49. The highest BCUT2D eigenvalue weighted by Gasteiger charge is 2.23. The number of anilines is 1. The van der Waals surface area contributed by atoms with Crippen LogP contribution in [0.3, 0.4) is 0 Å². The fourth-order valence-corrected chi connectivity index (χ4v) is 4.49. The zero-order valence-electron chi connectivity index (χ0n) is 19.3. The minimum absolute atomic E-state index is 0.313. The Balaban J connectivity index is 1.36. The zero-order chi connectivity index (χ0) is 22.2. The lowest BCUT2D eigenvalue weighted by atomic mass is 10.1. The maximum Gasteiger partial charge on any atom is 0.191 e. The smallest absolute Gasteiger partial charge is 0.191 e. The van der Waals surface area contributed by atoms with Crippen molar-refractivity contribution in [3.63, 3.8) is 0 Å². The van der Waals surface area contributed by atoms with Crippen LogP contribution < -0.4 is 20.3 Å². The first-order chi connectivity index (χ1) is 15.8. The molecule has 6 heteroatoms. The highest BCUT2D eigenvalue weighted by atomic mass is 16.5. The van der Waals surface area contributed by atoms with Gasteiger partial charge in [-0.2, -0.15) is 0 Å². The molecule has 4 rings (SSSR count). The van der Waals surface area contributed by atoms with Crippen LogP contribution in [-0.4, -0.2) is 57.7 Å². The van der Waals surface area contributed by atoms with E-state index in [1.165, 1.54) is 29.7 Å². The van der Waals surface area contributed by atoms with Gasteiger partial charge in [0.05, 0.1) is 13.2 Å². The van der Waals surface area contributed by atoms with Gasteiger partial charge in [-0.05, 0) is 61.3 Å². The molecule has 2 aliphatic rings. The van der Waals surface area contributed by atoms with E-state index in [1.54, 1.807) is 7.11 Å². The Morgan fingerprint density at radius 2 is 1.78 bits per heavy atom. The number of likely N-dealkylation sites (tertiary alicyclic amines) is 1. The number of hydrogen-bond donors (Lipinski definition) is 2. The Bertz CT molecular complexity index is 910. The van der Waals surface area contributed by atoms with Gasteiger partial charge < -0.3 is 20.3 Å². The number of ether oxygens (including phenoxy) is 1. The lowest BCUT2D eigenvalue weighted by molar-refractivity contribution is 0.245. The van der Waals surface area contributed by atoms with Crippen molar-refractivity contribution in [3.05, 3.63) is 71.8 Å². The van der Waals surface area contributed by atoms with Gasteiger partial charge in [0.1, 0.15) is 5.75 Å². The predicted molar refractivity (Wildman–Crippen MR) is 133 cm³/mol. The van der Waals surface area contributed by atoms with Crippen molar-refractivity contribution in [1.82, 2.24) is 15.5 Å². The standard InChI is InChI=1S/C26H35N5O/c1-27-26(28-19-21-8-7-9-23(18-21)30-14-3-4-15-30)29-20-25(31-16-5-6-17-31)22-10-12-24(32-2)13-11-22/h3-4,7-13,18,25H,5-6,14-17,19-20H2,1-2H3,(H2,27,28,29). The van der Waals surface area contributed by atoms with Gasteiger partial charge >= 0.3 is 0 Å². The number of benzene rings is 2. The van der Waals surface area contributed by atoms with Crippen molar-refractivity contribution in [2.24, 2.45) is 4.99 Å². The molecule has 0 bridgehead atoms. The molecule has 0 aromatic heterocycles. The largest absolute Gasteiger partial charge is 0.497 e. The molecule has 170 valence electrons. The van der Waals surface area contributed by atoms with Crippen molar-refractivity contribution in [2.75, 3.05) is 51.8 Å². The number of methoxy groups -OCH3 is 1. The molecule has 2 heterocycles. The van der Waals surface area contributed by atoms with Crippen LogP contribution in [0.1, 0.15) is 30.0 Å². The summed E-state index contributed by atoms with van der Waals surface area (Å²) in [6.07, 6.45) is 6.97. The van der Waals surface area contributed by atoms with E-state index in [1.807, 2.05) is 19.2 Å². The molecule has 1 unspecified atom stereocenters. The number of nitrogens with zero attached hydrogens (tertiary/aromatic N) is 3. The van der Waals surface area contributed by atoms with E-state index in [2.05, 4.69) is 74.0 Å². The molecular weight excluding hydrogens is 398 g/mol. The second-order valence-corrected chi connectivity index (χ2v) is 8.38. The number of guanidine groups is 1. The lowest BCUT2D eigenvalue weighted by Gasteiger charge is -2.29. The highest BCUT2D eigenvalue weighted by molar-refractivity contribution is 5.79. The molecule has 2 aromatic rings. The Labute approximate surface area is 192 Å². The normalized spacial score (nSPS) is 17.6. The molecule has 1 fully saturated rings. The van der Waals surface area contributed by atoms with Crippen LogP contribution in [-0.2, 0) is 6.54 Å². The van der Waals surface area contributed by atoms with Crippen molar-refractivity contribution in [3.8, 4) is 5.75 Å². The first kappa shape index (κ1) is 22.2. The molecule has 0 saturated carbocycles. The van der Waals surface area contributed by atoms with Crippen LogP contribution in [0, 0.1) is 0 Å². The molecule has 0 aliphatic carbocycles. The summed E-state index contributed by atoms with van der Waals surface area (Å²) in [5.41, 5.74) is 3.83. The molecule has 6 nitrogen and oxygen atoms in total. The van der Waals surface area contributed by atoms with Crippen molar-refractivity contribution in [2.45, 2.75) is 25.4 Å². The summed E-state index contributed by atoms with van der Waals surface area (Å²) < 4.78 is 5.34. The quantitative estimate of drug-likeness (QED) is 0.379. The van der Waals surface area contributed by atoms with Gasteiger partial charge in [0.25, 0.3) is 0 Å². The topological polar surface area (TPSA) is 52.1 Å². The van der Waals surface area contributed by atoms with Crippen LogP contribution in [0.15, 0.2) is 65.7 Å². The molecular formula is C26H35N5O. The van der Waals surface area contributed by atoms with Gasteiger partial charge in [0.15, 0.2) is 5.96 Å². The third-order valence-electron chi connectivity index (χ3n) is 6.32. The van der Waals surface area contributed by atoms with Crippen LogP contribution in [0.25, 0.3) is 0 Å². The van der Waals surface area contributed by atoms with Crippen molar-refractivity contribution < 1.29 is 4.74 Å². The summed E-state index contributed by atoms with van der Waals surface area (Å²) in [6, 6.07) is 17.5. The molecule has 1 atom stereocenters. The van der Waals surface area contributed by atoms with E-state index < -0.39 is 0 Å². The van der Waals surface area contributed by atoms with E-state index in [9.17, 15) is 0 Å². The Morgan fingerprint density at radius 3 is 2.47 bits per heavy atom. The minimum Gasteiger partial charge on any atom is -0.497 e. The summed E-state index contributed by atoms with van der Waals surface area (Å²) in [5.74, 6) is 1.72. The predicted octanol–water partition coefficient (Wildman–Crippen LogP) is 3.57. The SMILES string of the molecule is CN=C(NCc1cccc(N2CC=CC2)c1)NCC(c1ccc(OC)cc1)N1CCCC1. The summed E-state index contributed by atoms with van der Waals surface area (Å²) in [5, 5.41) is 7.04. The summed E-state index contributed by atoms with van der Waals surface area (Å²) in [4.78, 5) is 9.39. The van der Waals surface area contributed by atoms with E-state index in [0.29, 0.717) is 6.04 Å². The minimum atomic E-state index is 0.313. The Kier molecular flexibility index (Phi) is 7.67. The number of nitrogens with one attached hydrogen (secondary N) is 2. The van der Waals surface area contributed by atoms with Crippen molar-refractivity contribution in [1.29, 1.82) is 0 Å². The molecule has 2 aliphatic heterocycles. The van der Waals surface area contributed by atoms with Crippen LogP contribution in [0.5, 0.6) is 5.75 Å². The average Bonchev–Trinajstić information content (AvgIpc) is 3.57. The summed E-state index contributed by atoms with van der Waals surface area (Å²) in [7, 11) is 3.54. The van der Waals surface area contributed by atoms with Gasteiger partial charge in [-0.3, -0.25) is 9.89 Å². The zero-order valence-corrected chi connectivity index (χ0v) is 19.3. The molecule has 2 aromatic carbocycles.